The van der Waals surface area contributed by atoms with E-state index in [2.05, 4.69) is 44.5 Å². The first kappa shape index (κ1) is 22.1. The van der Waals surface area contributed by atoms with Crippen LogP contribution >= 0.6 is 0 Å². The van der Waals surface area contributed by atoms with E-state index >= 15 is 0 Å². The van der Waals surface area contributed by atoms with Crippen molar-refractivity contribution >= 4 is 11.6 Å². The first-order valence-electron chi connectivity index (χ1n) is 11.4. The predicted molar refractivity (Wildman–Crippen MR) is 128 cm³/mol. The van der Waals surface area contributed by atoms with Gasteiger partial charge < -0.3 is 14.7 Å². The zero-order valence-corrected chi connectivity index (χ0v) is 18.7. The van der Waals surface area contributed by atoms with Gasteiger partial charge in [-0.25, -0.2) is 0 Å². The summed E-state index contributed by atoms with van der Waals surface area (Å²) < 4.78 is 5.47. The van der Waals surface area contributed by atoms with Gasteiger partial charge in [-0.3, -0.25) is 9.69 Å². The molecule has 0 radical (unpaired) electrons. The van der Waals surface area contributed by atoms with Gasteiger partial charge in [0.25, 0.3) is 0 Å². The van der Waals surface area contributed by atoms with E-state index in [4.69, 9.17) is 4.52 Å². The summed E-state index contributed by atoms with van der Waals surface area (Å²) in [5.74, 6) is 1.48. The number of aromatic nitrogens is 1. The highest BCUT2D eigenvalue weighted by molar-refractivity contribution is 5.78. The Hall–Kier alpha value is -3.12. The Morgan fingerprint density at radius 3 is 2.69 bits per heavy atom. The molecule has 1 N–H and O–H groups in total. The van der Waals surface area contributed by atoms with Gasteiger partial charge in [0.15, 0.2) is 0 Å². The topological polar surface area (TPSA) is 61.6 Å². The summed E-state index contributed by atoms with van der Waals surface area (Å²) in [6, 6.07) is 22.5. The van der Waals surface area contributed by atoms with Crippen LogP contribution in [0.15, 0.2) is 71.3 Å². The van der Waals surface area contributed by atoms with Crippen molar-refractivity contribution in [2.45, 2.75) is 19.3 Å². The minimum atomic E-state index is 0.0942. The molecule has 4 rings (SSSR count). The third kappa shape index (κ3) is 6.20. The molecule has 2 aromatic carbocycles. The van der Waals surface area contributed by atoms with Crippen molar-refractivity contribution in [2.75, 3.05) is 44.7 Å². The highest BCUT2D eigenvalue weighted by Crippen LogP contribution is 2.23. The number of hydrogen-bond acceptors (Lipinski definition) is 5. The summed E-state index contributed by atoms with van der Waals surface area (Å²) in [6.07, 6.45) is 2.85. The van der Waals surface area contributed by atoms with Crippen LogP contribution in [0.4, 0.5) is 5.69 Å². The Morgan fingerprint density at radius 2 is 1.91 bits per heavy atom. The summed E-state index contributed by atoms with van der Waals surface area (Å²) in [7, 11) is 1.99. The molecule has 0 saturated carbocycles. The van der Waals surface area contributed by atoms with Crippen molar-refractivity contribution in [3.63, 3.8) is 0 Å². The minimum absolute atomic E-state index is 0.0942. The number of carbonyl (C=O) groups is 1. The highest BCUT2D eigenvalue weighted by Gasteiger charge is 2.23. The predicted octanol–water partition coefficient (Wildman–Crippen LogP) is 3.85. The zero-order chi connectivity index (χ0) is 22.2. The maximum Gasteiger partial charge on any atom is 0.234 e. The maximum atomic E-state index is 12.4. The van der Waals surface area contributed by atoms with Crippen molar-refractivity contribution in [2.24, 2.45) is 5.92 Å². The van der Waals surface area contributed by atoms with Crippen LogP contribution in [0.3, 0.4) is 0 Å². The van der Waals surface area contributed by atoms with E-state index in [1.807, 2.05) is 49.5 Å². The standard InChI is InChI=1S/C26H32N4O2/c1-29(15-8-13-24-17-25(28-32-24)22-9-4-2-5-10-22)20-26(31)27-18-21-14-16-30(19-21)23-11-6-3-7-12-23/h2-7,9-12,17,21H,8,13-16,18-20H2,1H3,(H,27,31). The molecule has 3 aromatic rings. The van der Waals surface area contributed by atoms with Gasteiger partial charge in [-0.1, -0.05) is 53.7 Å². The van der Waals surface area contributed by atoms with Crippen LogP contribution in [0, 0.1) is 5.92 Å². The fraction of sp³-hybridized carbons (Fsp3) is 0.385. The molecule has 1 amide bonds. The van der Waals surface area contributed by atoms with E-state index in [9.17, 15) is 4.79 Å². The highest BCUT2D eigenvalue weighted by atomic mass is 16.5. The van der Waals surface area contributed by atoms with Gasteiger partial charge in [0.1, 0.15) is 11.5 Å². The number of anilines is 1. The second kappa shape index (κ2) is 11.0. The second-order valence-corrected chi connectivity index (χ2v) is 8.63. The van der Waals surface area contributed by atoms with Gasteiger partial charge >= 0.3 is 0 Å². The first-order valence-corrected chi connectivity index (χ1v) is 11.4. The smallest absolute Gasteiger partial charge is 0.234 e. The molecule has 1 fully saturated rings. The quantitative estimate of drug-likeness (QED) is 0.527. The number of para-hydroxylation sites is 1. The van der Waals surface area contributed by atoms with E-state index < -0.39 is 0 Å². The van der Waals surface area contributed by atoms with Crippen molar-refractivity contribution in [3.8, 4) is 11.3 Å². The molecule has 1 aliphatic heterocycles. The van der Waals surface area contributed by atoms with Gasteiger partial charge in [0, 0.05) is 43.4 Å². The number of amides is 1. The van der Waals surface area contributed by atoms with Gasteiger partial charge in [-0.15, -0.1) is 0 Å². The van der Waals surface area contributed by atoms with Crippen LogP contribution in [-0.4, -0.2) is 55.7 Å². The summed E-state index contributed by atoms with van der Waals surface area (Å²) in [5, 5.41) is 7.28. The second-order valence-electron chi connectivity index (χ2n) is 8.63. The van der Waals surface area contributed by atoms with Gasteiger partial charge in [-0.05, 0) is 44.5 Å². The van der Waals surface area contributed by atoms with Crippen molar-refractivity contribution in [1.82, 2.24) is 15.4 Å². The van der Waals surface area contributed by atoms with Crippen LogP contribution in [-0.2, 0) is 11.2 Å². The molecule has 0 bridgehead atoms. The molecule has 32 heavy (non-hydrogen) atoms. The lowest BCUT2D eigenvalue weighted by atomic mass is 10.1. The first-order chi connectivity index (χ1) is 15.7. The van der Waals surface area contributed by atoms with E-state index in [-0.39, 0.29) is 5.91 Å². The number of likely N-dealkylation sites (N-methyl/N-ethyl adjacent to an activating group) is 1. The number of carbonyl (C=O) groups excluding carboxylic acids is 1. The van der Waals surface area contributed by atoms with Gasteiger partial charge in [0.05, 0.1) is 6.54 Å². The molecule has 6 heteroatoms. The number of hydrogen-bond donors (Lipinski definition) is 1. The largest absolute Gasteiger partial charge is 0.371 e. The van der Waals surface area contributed by atoms with Gasteiger partial charge in [-0.2, -0.15) is 0 Å². The molecule has 1 aliphatic rings. The average molecular weight is 433 g/mol. The molecule has 6 nitrogen and oxygen atoms in total. The SMILES string of the molecule is CN(CCCc1cc(-c2ccccc2)no1)CC(=O)NCC1CCN(c2ccccc2)C1. The normalized spacial score (nSPS) is 15.9. The molecule has 1 aromatic heterocycles. The number of nitrogens with zero attached hydrogens (tertiary/aromatic N) is 3. The summed E-state index contributed by atoms with van der Waals surface area (Å²) in [5.41, 5.74) is 3.19. The summed E-state index contributed by atoms with van der Waals surface area (Å²) in [4.78, 5) is 16.8. The lowest BCUT2D eigenvalue weighted by Crippen LogP contribution is -2.38. The van der Waals surface area contributed by atoms with E-state index in [1.54, 1.807) is 0 Å². The monoisotopic (exact) mass is 432 g/mol. The average Bonchev–Trinajstić information content (AvgIpc) is 3.49. The summed E-state index contributed by atoms with van der Waals surface area (Å²) >= 11 is 0. The van der Waals surface area contributed by atoms with Crippen LogP contribution in [0.5, 0.6) is 0 Å². The van der Waals surface area contributed by atoms with E-state index in [1.165, 1.54) is 5.69 Å². The molecule has 1 unspecified atom stereocenters. The van der Waals surface area contributed by atoms with Gasteiger partial charge in [0.2, 0.25) is 5.91 Å². The van der Waals surface area contributed by atoms with Crippen molar-refractivity contribution < 1.29 is 9.32 Å². The molecule has 2 heterocycles. The Balaban J connectivity index is 1.12. The Morgan fingerprint density at radius 1 is 1.16 bits per heavy atom. The summed E-state index contributed by atoms with van der Waals surface area (Å²) in [6.45, 7) is 4.05. The maximum absolute atomic E-state index is 12.4. The molecule has 1 saturated heterocycles. The Labute approximate surface area is 190 Å². The molecule has 0 spiro atoms. The number of aryl methyl sites for hydroxylation is 1. The lowest BCUT2D eigenvalue weighted by molar-refractivity contribution is -0.122. The zero-order valence-electron chi connectivity index (χ0n) is 18.7. The molecule has 0 aliphatic carbocycles. The lowest BCUT2D eigenvalue weighted by Gasteiger charge is -2.19. The van der Waals surface area contributed by atoms with Crippen LogP contribution in [0.25, 0.3) is 11.3 Å². The van der Waals surface area contributed by atoms with Crippen LogP contribution in [0.2, 0.25) is 0 Å². The van der Waals surface area contributed by atoms with Crippen molar-refractivity contribution in [3.05, 3.63) is 72.5 Å². The fourth-order valence-corrected chi connectivity index (χ4v) is 4.21. The molecular weight excluding hydrogens is 400 g/mol. The molecule has 1 atom stereocenters. The van der Waals surface area contributed by atoms with Crippen LogP contribution in [0.1, 0.15) is 18.6 Å². The number of nitrogens with one attached hydrogen (secondary N) is 1. The fourth-order valence-electron chi connectivity index (χ4n) is 4.21. The number of benzene rings is 2. The Kier molecular flexibility index (Phi) is 7.56. The van der Waals surface area contributed by atoms with E-state index in [0.717, 1.165) is 62.5 Å². The third-order valence-electron chi connectivity index (χ3n) is 6.00. The third-order valence-corrected chi connectivity index (χ3v) is 6.00. The van der Waals surface area contributed by atoms with Crippen molar-refractivity contribution in [1.29, 1.82) is 0 Å². The molecule has 168 valence electrons. The molecular formula is C26H32N4O2. The minimum Gasteiger partial charge on any atom is -0.371 e. The Bertz CT molecular complexity index is 974. The number of rotatable bonds is 10. The van der Waals surface area contributed by atoms with Crippen LogP contribution < -0.4 is 10.2 Å². The van der Waals surface area contributed by atoms with E-state index in [0.29, 0.717) is 12.5 Å².